The van der Waals surface area contributed by atoms with Gasteiger partial charge in [-0.05, 0) is 25.2 Å². The molecule has 0 spiro atoms. The summed E-state index contributed by atoms with van der Waals surface area (Å²) in [6.45, 7) is 9.75. The van der Waals surface area contributed by atoms with Gasteiger partial charge in [0.2, 0.25) is 0 Å². The van der Waals surface area contributed by atoms with Crippen LogP contribution >= 0.6 is 24.0 Å². The van der Waals surface area contributed by atoms with E-state index in [-0.39, 0.29) is 30.1 Å². The molecule has 4 nitrogen and oxygen atoms in total. The van der Waals surface area contributed by atoms with Crippen LogP contribution in [0.3, 0.4) is 0 Å². The number of guanidine groups is 1. The van der Waals surface area contributed by atoms with Crippen LogP contribution in [0.1, 0.15) is 26.2 Å². The Morgan fingerprint density at radius 2 is 2.32 bits per heavy atom. The molecule has 2 saturated heterocycles. The van der Waals surface area contributed by atoms with Gasteiger partial charge in [0.1, 0.15) is 0 Å². The quantitative estimate of drug-likeness (QED) is 0.354. The van der Waals surface area contributed by atoms with Crippen LogP contribution < -0.4 is 5.73 Å². The summed E-state index contributed by atoms with van der Waals surface area (Å²) >= 11 is 0. The molecule has 110 valence electrons. The Labute approximate surface area is 133 Å². The highest BCUT2D eigenvalue weighted by Gasteiger charge is 2.25. The van der Waals surface area contributed by atoms with Crippen LogP contribution in [0.5, 0.6) is 0 Å². The third kappa shape index (κ3) is 4.63. The van der Waals surface area contributed by atoms with Crippen LogP contribution in [0.4, 0.5) is 0 Å². The molecule has 0 aromatic heterocycles. The molecule has 2 aliphatic heterocycles. The topological polar surface area (TPSA) is 50.9 Å². The van der Waals surface area contributed by atoms with Crippen molar-refractivity contribution in [2.24, 2.45) is 22.6 Å². The lowest BCUT2D eigenvalue weighted by molar-refractivity contribution is 0.129. The third-order valence-electron chi connectivity index (χ3n) is 3.96. The third-order valence-corrected chi connectivity index (χ3v) is 3.96. The summed E-state index contributed by atoms with van der Waals surface area (Å²) < 4.78 is 5.57. The Morgan fingerprint density at radius 3 is 3.00 bits per heavy atom. The van der Waals surface area contributed by atoms with E-state index in [0.29, 0.717) is 11.9 Å². The number of ether oxygens (including phenoxy) is 1. The maximum Gasteiger partial charge on any atom is 0.191 e. The maximum absolute atomic E-state index is 6.08. The van der Waals surface area contributed by atoms with Crippen molar-refractivity contribution in [2.45, 2.75) is 32.3 Å². The van der Waals surface area contributed by atoms with Crippen molar-refractivity contribution in [3.63, 3.8) is 0 Å². The number of rotatable bonds is 3. The lowest BCUT2D eigenvalue weighted by atomic mass is 10.0. The van der Waals surface area contributed by atoms with Crippen molar-refractivity contribution in [3.05, 3.63) is 12.7 Å². The van der Waals surface area contributed by atoms with E-state index in [4.69, 9.17) is 10.5 Å². The molecule has 2 rings (SSSR count). The van der Waals surface area contributed by atoms with E-state index in [2.05, 4.69) is 23.4 Å². The van der Waals surface area contributed by atoms with Gasteiger partial charge in [0.05, 0.1) is 6.10 Å². The summed E-state index contributed by atoms with van der Waals surface area (Å²) in [4.78, 5) is 6.77. The average Bonchev–Trinajstić information content (AvgIpc) is 2.83. The molecular formula is C14H26IN3O. The molecule has 2 aliphatic rings. The number of piperidine rings is 1. The zero-order valence-electron chi connectivity index (χ0n) is 11.8. The van der Waals surface area contributed by atoms with E-state index in [1.807, 2.05) is 6.08 Å². The number of likely N-dealkylation sites (tertiary alicyclic amines) is 1. The van der Waals surface area contributed by atoms with Gasteiger partial charge in [0, 0.05) is 32.2 Å². The number of nitrogens with zero attached hydrogens (tertiary/aromatic N) is 2. The van der Waals surface area contributed by atoms with Gasteiger partial charge in [-0.15, -0.1) is 30.6 Å². The fourth-order valence-electron chi connectivity index (χ4n) is 2.82. The first-order valence-corrected chi connectivity index (χ1v) is 6.99. The summed E-state index contributed by atoms with van der Waals surface area (Å²) in [5, 5.41) is 0. The lowest BCUT2D eigenvalue weighted by Gasteiger charge is -2.31. The zero-order valence-corrected chi connectivity index (χ0v) is 14.1. The molecule has 0 bridgehead atoms. The first-order valence-electron chi connectivity index (χ1n) is 6.99. The van der Waals surface area contributed by atoms with Crippen molar-refractivity contribution in [1.29, 1.82) is 0 Å². The Bertz CT molecular complexity index is 322. The van der Waals surface area contributed by atoms with Gasteiger partial charge in [0.25, 0.3) is 0 Å². The van der Waals surface area contributed by atoms with E-state index >= 15 is 0 Å². The number of nitrogens with two attached hydrogens (primary N) is 1. The van der Waals surface area contributed by atoms with Crippen molar-refractivity contribution in [1.82, 2.24) is 4.90 Å². The molecule has 0 aromatic rings. The minimum atomic E-state index is 0. The van der Waals surface area contributed by atoms with Crippen LogP contribution in [0, 0.1) is 11.8 Å². The summed E-state index contributed by atoms with van der Waals surface area (Å²) in [5.41, 5.74) is 6.08. The summed E-state index contributed by atoms with van der Waals surface area (Å²) in [7, 11) is 0. The van der Waals surface area contributed by atoms with Crippen LogP contribution in [0.15, 0.2) is 17.6 Å². The van der Waals surface area contributed by atoms with Crippen molar-refractivity contribution in [2.75, 3.05) is 26.2 Å². The van der Waals surface area contributed by atoms with Gasteiger partial charge < -0.3 is 15.4 Å². The van der Waals surface area contributed by atoms with E-state index in [9.17, 15) is 0 Å². The number of halogens is 1. The van der Waals surface area contributed by atoms with Crippen LogP contribution in [-0.4, -0.2) is 43.2 Å². The molecule has 0 radical (unpaired) electrons. The highest BCUT2D eigenvalue weighted by Crippen LogP contribution is 2.22. The first-order chi connectivity index (χ1) is 8.70. The van der Waals surface area contributed by atoms with Crippen LogP contribution in [-0.2, 0) is 4.74 Å². The molecule has 2 fully saturated rings. The fourth-order valence-corrected chi connectivity index (χ4v) is 2.82. The molecule has 1 unspecified atom stereocenters. The molecule has 0 amide bonds. The van der Waals surface area contributed by atoms with Crippen molar-refractivity contribution in [3.8, 4) is 0 Å². The Hall–Kier alpha value is -0.300. The monoisotopic (exact) mass is 379 g/mol. The average molecular weight is 379 g/mol. The highest BCUT2D eigenvalue weighted by atomic mass is 127. The van der Waals surface area contributed by atoms with Gasteiger partial charge in [-0.2, -0.15) is 0 Å². The second kappa shape index (κ2) is 8.09. The fraction of sp³-hybridized carbons (Fsp3) is 0.786. The second-order valence-electron chi connectivity index (χ2n) is 5.51. The molecule has 19 heavy (non-hydrogen) atoms. The van der Waals surface area contributed by atoms with Crippen molar-refractivity contribution >= 4 is 29.9 Å². The van der Waals surface area contributed by atoms with E-state index in [1.54, 1.807) is 0 Å². The lowest BCUT2D eigenvalue weighted by Crippen LogP contribution is -2.43. The standard InChI is InChI=1S/C14H25N3O.HI/c1-3-13-12(6-8-18-13)9-16-14(15)17-7-4-5-11(2)10-17;/h3,11-13H,1,4-10H2,2H3,(H2,15,16);1H/t11?,12-,13-;/m0./s1. The summed E-state index contributed by atoms with van der Waals surface area (Å²) in [6.07, 6.45) is 5.62. The maximum atomic E-state index is 6.08. The van der Waals surface area contributed by atoms with E-state index in [0.717, 1.165) is 38.6 Å². The van der Waals surface area contributed by atoms with Gasteiger partial charge in [-0.1, -0.05) is 13.0 Å². The normalized spacial score (nSPS) is 31.9. The minimum Gasteiger partial charge on any atom is -0.374 e. The Kier molecular flexibility index (Phi) is 7.13. The first kappa shape index (κ1) is 16.8. The molecule has 0 aliphatic carbocycles. The Morgan fingerprint density at radius 1 is 1.53 bits per heavy atom. The highest BCUT2D eigenvalue weighted by molar-refractivity contribution is 14.0. The SMILES string of the molecule is C=C[C@@H]1OCC[C@H]1CN=C(N)N1CCCC(C)C1.I. The minimum absolute atomic E-state index is 0. The second-order valence-corrected chi connectivity index (χ2v) is 5.51. The number of aliphatic imine (C=N–C) groups is 1. The van der Waals surface area contributed by atoms with Crippen LogP contribution in [0.25, 0.3) is 0 Å². The predicted octanol–water partition coefficient (Wildman–Crippen LogP) is 2.24. The van der Waals surface area contributed by atoms with Crippen molar-refractivity contribution < 1.29 is 4.74 Å². The summed E-state index contributed by atoms with van der Waals surface area (Å²) in [6, 6.07) is 0. The van der Waals surface area contributed by atoms with Gasteiger partial charge >= 0.3 is 0 Å². The Balaban J connectivity index is 0.00000180. The van der Waals surface area contributed by atoms with Gasteiger partial charge in [-0.25, -0.2) is 0 Å². The molecule has 5 heteroatoms. The van der Waals surface area contributed by atoms with Crippen LogP contribution in [0.2, 0.25) is 0 Å². The molecule has 3 atom stereocenters. The van der Waals surface area contributed by atoms with Gasteiger partial charge in [0.15, 0.2) is 5.96 Å². The number of hydrogen-bond donors (Lipinski definition) is 1. The predicted molar refractivity (Wildman–Crippen MR) is 89.9 cm³/mol. The van der Waals surface area contributed by atoms with Gasteiger partial charge in [-0.3, -0.25) is 4.99 Å². The largest absolute Gasteiger partial charge is 0.374 e. The molecular weight excluding hydrogens is 353 g/mol. The van der Waals surface area contributed by atoms with E-state index in [1.165, 1.54) is 12.8 Å². The zero-order chi connectivity index (χ0) is 13.0. The molecule has 2 heterocycles. The van der Waals surface area contributed by atoms with E-state index < -0.39 is 0 Å². The number of hydrogen-bond acceptors (Lipinski definition) is 2. The smallest absolute Gasteiger partial charge is 0.191 e. The molecule has 0 aromatic carbocycles. The molecule has 2 N–H and O–H groups in total. The summed E-state index contributed by atoms with van der Waals surface area (Å²) in [5.74, 6) is 1.88. The molecule has 0 saturated carbocycles.